The van der Waals surface area contributed by atoms with Crippen molar-refractivity contribution in [2.24, 2.45) is 5.73 Å². The second kappa shape index (κ2) is 4.58. The minimum absolute atomic E-state index is 0.535. The molecule has 1 aromatic rings. The Morgan fingerprint density at radius 2 is 1.80 bits per heavy atom. The van der Waals surface area contributed by atoms with Crippen molar-refractivity contribution in [3.05, 3.63) is 18.5 Å². The highest BCUT2D eigenvalue weighted by Gasteiger charge is 1.86. The van der Waals surface area contributed by atoms with Crippen molar-refractivity contribution in [1.82, 2.24) is 4.98 Å². The molecule has 1 rings (SSSR count). The minimum Gasteiger partial charge on any atom is -0.397 e. The molecule has 0 bridgehead atoms. The number of pyridine rings is 1. The van der Waals surface area contributed by atoms with Gasteiger partial charge in [-0.2, -0.15) is 0 Å². The number of hydrogen-bond donors (Lipinski definition) is 3. The molecule has 0 radical (unpaired) electrons. The smallest absolute Gasteiger partial charge is 0.0734 e. The molecule has 0 saturated heterocycles. The molecule has 10 heavy (non-hydrogen) atoms. The standard InChI is InChI=1S/C5H7N3.CH5N/c6-4-1-2-8-3-5(4)7;1-2/h1-3H,7H2,(H2,6,8);2H2,1H3. The number of nitrogen functional groups attached to an aromatic ring is 2. The van der Waals surface area contributed by atoms with Crippen molar-refractivity contribution < 1.29 is 0 Å². The number of hydrogen-bond acceptors (Lipinski definition) is 4. The summed E-state index contributed by atoms with van der Waals surface area (Å²) in [6.45, 7) is 0. The van der Waals surface area contributed by atoms with Crippen molar-refractivity contribution in [3.63, 3.8) is 0 Å². The summed E-state index contributed by atoms with van der Waals surface area (Å²) in [5.74, 6) is 0. The third-order valence-electron chi connectivity index (χ3n) is 0.887. The summed E-state index contributed by atoms with van der Waals surface area (Å²) in [7, 11) is 1.50. The molecule has 0 fully saturated rings. The number of aromatic nitrogens is 1. The van der Waals surface area contributed by atoms with E-state index in [2.05, 4.69) is 10.7 Å². The number of rotatable bonds is 0. The zero-order chi connectivity index (χ0) is 7.98. The average Bonchev–Trinajstić information content (AvgIpc) is 2.00. The summed E-state index contributed by atoms with van der Waals surface area (Å²) in [6, 6.07) is 1.66. The van der Waals surface area contributed by atoms with Crippen LogP contribution in [0.1, 0.15) is 0 Å². The molecule has 0 aliphatic rings. The van der Waals surface area contributed by atoms with Crippen LogP contribution in [-0.2, 0) is 0 Å². The highest BCUT2D eigenvalue weighted by Crippen LogP contribution is 2.08. The second-order valence-electron chi connectivity index (χ2n) is 1.50. The molecular formula is C6H12N4. The molecular weight excluding hydrogens is 128 g/mol. The van der Waals surface area contributed by atoms with E-state index >= 15 is 0 Å². The number of anilines is 2. The number of nitrogens with zero attached hydrogens (tertiary/aromatic N) is 1. The fourth-order valence-electron chi connectivity index (χ4n) is 0.417. The van der Waals surface area contributed by atoms with E-state index in [9.17, 15) is 0 Å². The van der Waals surface area contributed by atoms with Crippen LogP contribution in [0.15, 0.2) is 18.5 Å². The van der Waals surface area contributed by atoms with Crippen molar-refractivity contribution in [3.8, 4) is 0 Å². The lowest BCUT2D eigenvalue weighted by molar-refractivity contribution is 1.34. The Kier molecular flexibility index (Phi) is 3.99. The Morgan fingerprint density at radius 3 is 2.10 bits per heavy atom. The largest absolute Gasteiger partial charge is 0.397 e. The van der Waals surface area contributed by atoms with Gasteiger partial charge in [0.05, 0.1) is 17.6 Å². The topological polar surface area (TPSA) is 91.0 Å². The average molecular weight is 140 g/mol. The fourth-order valence-corrected chi connectivity index (χ4v) is 0.417. The van der Waals surface area contributed by atoms with Crippen LogP contribution < -0.4 is 17.2 Å². The normalized spacial score (nSPS) is 7.80. The SMILES string of the molecule is CN.Nc1ccncc1N. The first kappa shape index (κ1) is 8.71. The lowest BCUT2D eigenvalue weighted by Crippen LogP contribution is -1.93. The molecule has 1 aromatic heterocycles. The highest BCUT2D eigenvalue weighted by atomic mass is 14.7. The van der Waals surface area contributed by atoms with Gasteiger partial charge in [-0.15, -0.1) is 0 Å². The van der Waals surface area contributed by atoms with Gasteiger partial charge in [-0.1, -0.05) is 0 Å². The maximum atomic E-state index is 5.35. The van der Waals surface area contributed by atoms with E-state index in [1.165, 1.54) is 13.2 Å². The molecule has 0 aromatic carbocycles. The molecule has 0 atom stereocenters. The summed E-state index contributed by atoms with van der Waals surface area (Å²) < 4.78 is 0. The summed E-state index contributed by atoms with van der Waals surface area (Å²) in [5.41, 5.74) is 16.3. The second-order valence-corrected chi connectivity index (χ2v) is 1.50. The monoisotopic (exact) mass is 140 g/mol. The third-order valence-corrected chi connectivity index (χ3v) is 0.887. The van der Waals surface area contributed by atoms with Gasteiger partial charge in [0, 0.05) is 6.20 Å². The maximum Gasteiger partial charge on any atom is 0.0734 e. The number of nitrogens with two attached hydrogens (primary N) is 3. The molecule has 0 aliphatic heterocycles. The quantitative estimate of drug-likeness (QED) is 0.466. The van der Waals surface area contributed by atoms with Crippen LogP contribution in [0, 0.1) is 0 Å². The molecule has 4 nitrogen and oxygen atoms in total. The molecule has 1 heterocycles. The fraction of sp³-hybridized carbons (Fsp3) is 0.167. The van der Waals surface area contributed by atoms with Crippen LogP contribution in [0.2, 0.25) is 0 Å². The third kappa shape index (κ3) is 2.32. The van der Waals surface area contributed by atoms with Gasteiger partial charge in [-0.3, -0.25) is 4.98 Å². The van der Waals surface area contributed by atoms with Gasteiger partial charge in [0.2, 0.25) is 0 Å². The zero-order valence-electron chi connectivity index (χ0n) is 5.91. The minimum atomic E-state index is 0.535. The summed E-state index contributed by atoms with van der Waals surface area (Å²) in [6.07, 6.45) is 3.13. The first-order valence-electron chi connectivity index (χ1n) is 2.83. The van der Waals surface area contributed by atoms with Crippen molar-refractivity contribution in [2.45, 2.75) is 0 Å². The molecule has 0 spiro atoms. The molecule has 0 amide bonds. The zero-order valence-corrected chi connectivity index (χ0v) is 5.91. The van der Waals surface area contributed by atoms with Gasteiger partial charge >= 0.3 is 0 Å². The first-order valence-corrected chi connectivity index (χ1v) is 2.83. The van der Waals surface area contributed by atoms with E-state index in [1.54, 1.807) is 12.3 Å². The predicted octanol–water partition coefficient (Wildman–Crippen LogP) is -0.179. The van der Waals surface area contributed by atoms with Gasteiger partial charge in [-0.05, 0) is 13.1 Å². The molecule has 0 aliphatic carbocycles. The summed E-state index contributed by atoms with van der Waals surface area (Å²) in [4.78, 5) is 3.74. The van der Waals surface area contributed by atoms with Gasteiger partial charge < -0.3 is 17.2 Å². The lowest BCUT2D eigenvalue weighted by Gasteiger charge is -1.93. The Labute approximate surface area is 60.0 Å². The highest BCUT2D eigenvalue weighted by molar-refractivity contribution is 5.60. The Morgan fingerprint density at radius 1 is 1.20 bits per heavy atom. The van der Waals surface area contributed by atoms with E-state index in [0.29, 0.717) is 11.4 Å². The van der Waals surface area contributed by atoms with Crippen LogP contribution in [0.4, 0.5) is 11.4 Å². The van der Waals surface area contributed by atoms with Gasteiger partial charge in [0.1, 0.15) is 0 Å². The Bertz CT molecular complexity index is 166. The van der Waals surface area contributed by atoms with Crippen LogP contribution >= 0.6 is 0 Å². The Hall–Kier alpha value is -1.29. The van der Waals surface area contributed by atoms with Gasteiger partial charge in [0.15, 0.2) is 0 Å². The van der Waals surface area contributed by atoms with E-state index in [1.807, 2.05) is 0 Å². The molecule has 4 heteroatoms. The van der Waals surface area contributed by atoms with E-state index < -0.39 is 0 Å². The van der Waals surface area contributed by atoms with E-state index in [-0.39, 0.29) is 0 Å². The van der Waals surface area contributed by atoms with E-state index in [4.69, 9.17) is 11.5 Å². The van der Waals surface area contributed by atoms with Crippen molar-refractivity contribution >= 4 is 11.4 Å². The van der Waals surface area contributed by atoms with E-state index in [0.717, 1.165) is 0 Å². The predicted molar refractivity (Wildman–Crippen MR) is 43.2 cm³/mol. The molecule has 56 valence electrons. The Balaban J connectivity index is 0.000000371. The summed E-state index contributed by atoms with van der Waals surface area (Å²) >= 11 is 0. The maximum absolute atomic E-state index is 5.35. The van der Waals surface area contributed by atoms with Crippen LogP contribution in [0.3, 0.4) is 0 Å². The molecule has 0 saturated carbocycles. The molecule has 6 N–H and O–H groups in total. The van der Waals surface area contributed by atoms with Crippen molar-refractivity contribution in [2.75, 3.05) is 18.5 Å². The molecule has 0 unspecified atom stereocenters. The van der Waals surface area contributed by atoms with Crippen LogP contribution in [-0.4, -0.2) is 12.0 Å². The van der Waals surface area contributed by atoms with Gasteiger partial charge in [0.25, 0.3) is 0 Å². The van der Waals surface area contributed by atoms with Crippen LogP contribution in [0.25, 0.3) is 0 Å². The van der Waals surface area contributed by atoms with Crippen LogP contribution in [0.5, 0.6) is 0 Å². The summed E-state index contributed by atoms with van der Waals surface area (Å²) in [5, 5.41) is 0. The lowest BCUT2D eigenvalue weighted by atomic mass is 10.4. The van der Waals surface area contributed by atoms with Gasteiger partial charge in [-0.25, -0.2) is 0 Å². The first-order chi connectivity index (χ1) is 4.80. The van der Waals surface area contributed by atoms with Crippen molar-refractivity contribution in [1.29, 1.82) is 0 Å².